The van der Waals surface area contributed by atoms with Gasteiger partial charge in [0, 0.05) is 24.3 Å². The molecule has 5 nitrogen and oxygen atoms in total. The van der Waals surface area contributed by atoms with Gasteiger partial charge in [0.2, 0.25) is 5.95 Å². The molecule has 2 N–H and O–H groups in total. The Hall–Kier alpha value is -2.47. The lowest BCUT2D eigenvalue weighted by Crippen LogP contribution is -2.03. The van der Waals surface area contributed by atoms with Crippen molar-refractivity contribution in [2.24, 2.45) is 0 Å². The summed E-state index contributed by atoms with van der Waals surface area (Å²) in [5, 5.41) is 6.22. The first-order valence-corrected chi connectivity index (χ1v) is 7.41. The Morgan fingerprint density at radius 2 is 2.00 bits per heavy atom. The highest BCUT2D eigenvalue weighted by atomic mass is 32.1. The SMILES string of the molecule is CNc1ccnc(NCc2ccc(-c3ccccn3)s2)n1. The zero-order chi connectivity index (χ0) is 14.5. The minimum Gasteiger partial charge on any atom is -0.373 e. The first kappa shape index (κ1) is 13.5. The summed E-state index contributed by atoms with van der Waals surface area (Å²) in [6.07, 6.45) is 3.54. The van der Waals surface area contributed by atoms with Gasteiger partial charge in [-0.3, -0.25) is 4.98 Å². The number of rotatable bonds is 5. The molecule has 21 heavy (non-hydrogen) atoms. The topological polar surface area (TPSA) is 62.7 Å². The van der Waals surface area contributed by atoms with Crippen LogP contribution in [0.2, 0.25) is 0 Å². The summed E-state index contributed by atoms with van der Waals surface area (Å²) in [6.45, 7) is 0.699. The van der Waals surface area contributed by atoms with Gasteiger partial charge in [0.25, 0.3) is 0 Å². The van der Waals surface area contributed by atoms with Crippen LogP contribution in [0, 0.1) is 0 Å². The number of hydrogen-bond donors (Lipinski definition) is 2. The number of pyridine rings is 1. The minimum absolute atomic E-state index is 0.620. The van der Waals surface area contributed by atoms with Crippen LogP contribution in [0.15, 0.2) is 48.8 Å². The van der Waals surface area contributed by atoms with Crippen molar-refractivity contribution in [1.82, 2.24) is 15.0 Å². The van der Waals surface area contributed by atoms with Gasteiger partial charge in [0.1, 0.15) is 5.82 Å². The quantitative estimate of drug-likeness (QED) is 0.757. The van der Waals surface area contributed by atoms with Gasteiger partial charge >= 0.3 is 0 Å². The predicted molar refractivity (Wildman–Crippen MR) is 86.5 cm³/mol. The van der Waals surface area contributed by atoms with Crippen molar-refractivity contribution in [3.63, 3.8) is 0 Å². The number of nitrogens with one attached hydrogen (secondary N) is 2. The maximum Gasteiger partial charge on any atom is 0.224 e. The molecular weight excluding hydrogens is 282 g/mol. The van der Waals surface area contributed by atoms with E-state index in [1.165, 1.54) is 4.88 Å². The van der Waals surface area contributed by atoms with Gasteiger partial charge < -0.3 is 10.6 Å². The van der Waals surface area contributed by atoms with E-state index in [0.29, 0.717) is 12.5 Å². The van der Waals surface area contributed by atoms with E-state index in [0.717, 1.165) is 16.4 Å². The Labute approximate surface area is 127 Å². The Morgan fingerprint density at radius 3 is 2.81 bits per heavy atom. The number of aromatic nitrogens is 3. The average Bonchev–Trinajstić information content (AvgIpc) is 3.03. The summed E-state index contributed by atoms with van der Waals surface area (Å²) in [6, 6.07) is 12.0. The van der Waals surface area contributed by atoms with Crippen LogP contribution in [0.5, 0.6) is 0 Å². The Morgan fingerprint density at radius 1 is 1.05 bits per heavy atom. The van der Waals surface area contributed by atoms with Crippen molar-refractivity contribution in [1.29, 1.82) is 0 Å². The van der Waals surface area contributed by atoms with Crippen molar-refractivity contribution >= 4 is 23.1 Å². The van der Waals surface area contributed by atoms with E-state index in [-0.39, 0.29) is 0 Å². The predicted octanol–water partition coefficient (Wildman–Crippen LogP) is 3.25. The van der Waals surface area contributed by atoms with Crippen LogP contribution in [0.25, 0.3) is 10.6 Å². The smallest absolute Gasteiger partial charge is 0.224 e. The molecule has 3 aromatic rings. The van der Waals surface area contributed by atoms with Gasteiger partial charge in [-0.25, -0.2) is 4.98 Å². The van der Waals surface area contributed by atoms with Gasteiger partial charge in [-0.05, 0) is 30.3 Å². The largest absolute Gasteiger partial charge is 0.373 e. The second-order valence-corrected chi connectivity index (χ2v) is 5.52. The first-order chi connectivity index (χ1) is 10.3. The molecule has 0 atom stereocenters. The molecule has 106 valence electrons. The molecule has 6 heteroatoms. The van der Waals surface area contributed by atoms with E-state index in [2.05, 4.69) is 37.7 Å². The molecule has 0 fully saturated rings. The van der Waals surface area contributed by atoms with Crippen LogP contribution in [0.4, 0.5) is 11.8 Å². The van der Waals surface area contributed by atoms with Crippen molar-refractivity contribution in [2.75, 3.05) is 17.7 Å². The zero-order valence-corrected chi connectivity index (χ0v) is 12.4. The molecule has 0 saturated heterocycles. The van der Waals surface area contributed by atoms with Crippen molar-refractivity contribution < 1.29 is 0 Å². The van der Waals surface area contributed by atoms with Crippen LogP contribution < -0.4 is 10.6 Å². The summed E-state index contributed by atoms with van der Waals surface area (Å²) in [4.78, 5) is 15.3. The molecule has 0 aromatic carbocycles. The lowest BCUT2D eigenvalue weighted by Gasteiger charge is -2.04. The van der Waals surface area contributed by atoms with Crippen LogP contribution in [0.3, 0.4) is 0 Å². The third-order valence-electron chi connectivity index (χ3n) is 2.91. The van der Waals surface area contributed by atoms with Crippen molar-refractivity contribution in [3.05, 3.63) is 53.7 Å². The summed E-state index contributed by atoms with van der Waals surface area (Å²) < 4.78 is 0. The van der Waals surface area contributed by atoms with Gasteiger partial charge in [0.05, 0.1) is 17.1 Å². The van der Waals surface area contributed by atoms with E-state index in [1.807, 2.05) is 37.5 Å². The lowest BCUT2D eigenvalue weighted by atomic mass is 10.3. The molecule has 0 spiro atoms. The number of anilines is 2. The molecule has 0 amide bonds. The fourth-order valence-electron chi connectivity index (χ4n) is 1.87. The Bertz CT molecular complexity index is 711. The second-order valence-electron chi connectivity index (χ2n) is 4.35. The molecule has 0 aliphatic rings. The lowest BCUT2D eigenvalue weighted by molar-refractivity contribution is 1.07. The molecule has 0 saturated carbocycles. The summed E-state index contributed by atoms with van der Waals surface area (Å²) >= 11 is 1.72. The number of hydrogen-bond acceptors (Lipinski definition) is 6. The normalized spacial score (nSPS) is 10.3. The highest BCUT2D eigenvalue weighted by molar-refractivity contribution is 7.15. The van der Waals surface area contributed by atoms with Crippen LogP contribution >= 0.6 is 11.3 Å². The van der Waals surface area contributed by atoms with E-state index >= 15 is 0 Å². The summed E-state index contributed by atoms with van der Waals surface area (Å²) in [7, 11) is 1.84. The highest BCUT2D eigenvalue weighted by Crippen LogP contribution is 2.26. The van der Waals surface area contributed by atoms with Crippen LogP contribution in [-0.2, 0) is 6.54 Å². The van der Waals surface area contributed by atoms with E-state index < -0.39 is 0 Å². The Kier molecular flexibility index (Phi) is 4.07. The average molecular weight is 297 g/mol. The van der Waals surface area contributed by atoms with Gasteiger partial charge in [-0.1, -0.05) is 6.07 Å². The van der Waals surface area contributed by atoms with Crippen molar-refractivity contribution in [3.8, 4) is 10.6 Å². The third-order valence-corrected chi connectivity index (χ3v) is 4.02. The molecule has 0 radical (unpaired) electrons. The Balaban J connectivity index is 1.67. The maximum absolute atomic E-state index is 4.36. The van der Waals surface area contributed by atoms with Crippen molar-refractivity contribution in [2.45, 2.75) is 6.54 Å². The monoisotopic (exact) mass is 297 g/mol. The number of nitrogens with zero attached hydrogens (tertiary/aromatic N) is 3. The zero-order valence-electron chi connectivity index (χ0n) is 11.6. The van der Waals surface area contributed by atoms with Gasteiger partial charge in [-0.2, -0.15) is 4.98 Å². The summed E-state index contributed by atoms with van der Waals surface area (Å²) in [5.74, 6) is 1.42. The molecule has 0 aliphatic carbocycles. The molecule has 3 rings (SSSR count). The minimum atomic E-state index is 0.620. The fraction of sp³-hybridized carbons (Fsp3) is 0.133. The first-order valence-electron chi connectivity index (χ1n) is 6.60. The summed E-state index contributed by atoms with van der Waals surface area (Å²) in [5.41, 5.74) is 1.00. The highest BCUT2D eigenvalue weighted by Gasteiger charge is 2.04. The molecule has 0 aliphatic heterocycles. The molecule has 0 bridgehead atoms. The van der Waals surface area contributed by atoms with Gasteiger partial charge in [0.15, 0.2) is 0 Å². The fourth-order valence-corrected chi connectivity index (χ4v) is 2.79. The van der Waals surface area contributed by atoms with Crippen LogP contribution in [-0.4, -0.2) is 22.0 Å². The molecule has 0 unspecified atom stereocenters. The third kappa shape index (κ3) is 3.35. The molecule has 3 aromatic heterocycles. The van der Waals surface area contributed by atoms with Gasteiger partial charge in [-0.15, -0.1) is 11.3 Å². The molecule has 3 heterocycles. The van der Waals surface area contributed by atoms with E-state index in [1.54, 1.807) is 17.5 Å². The second kappa shape index (κ2) is 6.32. The number of thiophene rings is 1. The maximum atomic E-state index is 4.36. The standard InChI is InChI=1S/C15H15N5S/c1-16-14-7-9-18-15(20-14)19-10-11-5-6-13(21-11)12-4-2-3-8-17-12/h2-9H,10H2,1H3,(H2,16,18,19,20). The van der Waals surface area contributed by atoms with E-state index in [9.17, 15) is 0 Å². The molecular formula is C15H15N5S. The van der Waals surface area contributed by atoms with E-state index in [4.69, 9.17) is 0 Å². The van der Waals surface area contributed by atoms with Crippen LogP contribution in [0.1, 0.15) is 4.88 Å².